The standard InChI is InChI=1S/C23H26N4O/c1-25(2)15-16-26(18-20-9-5-3-6-10-20)23(28)14-13-21-17-24-27(19-21)22-11-7-4-8-12-22/h3-14,17,19H,15-16,18H2,1-2H3/b14-13+. The van der Waals surface area contributed by atoms with Crippen LogP contribution in [0.3, 0.4) is 0 Å². The molecule has 2 aromatic carbocycles. The summed E-state index contributed by atoms with van der Waals surface area (Å²) in [7, 11) is 4.03. The largest absolute Gasteiger partial charge is 0.334 e. The Kier molecular flexibility index (Phi) is 6.76. The second-order valence-electron chi connectivity index (χ2n) is 6.94. The molecule has 0 aliphatic rings. The number of nitrogens with zero attached hydrogens (tertiary/aromatic N) is 4. The number of hydrogen-bond donors (Lipinski definition) is 0. The van der Waals surface area contributed by atoms with Crippen LogP contribution in [0.5, 0.6) is 0 Å². The Morgan fingerprint density at radius 2 is 1.68 bits per heavy atom. The van der Waals surface area contributed by atoms with Gasteiger partial charge < -0.3 is 9.80 Å². The van der Waals surface area contributed by atoms with E-state index in [1.54, 1.807) is 17.0 Å². The van der Waals surface area contributed by atoms with E-state index in [1.807, 2.05) is 91.9 Å². The van der Waals surface area contributed by atoms with Gasteiger partial charge >= 0.3 is 0 Å². The van der Waals surface area contributed by atoms with E-state index in [0.717, 1.165) is 23.4 Å². The highest BCUT2D eigenvalue weighted by Gasteiger charge is 2.12. The number of aromatic nitrogens is 2. The molecule has 144 valence electrons. The summed E-state index contributed by atoms with van der Waals surface area (Å²) >= 11 is 0. The molecule has 1 aromatic heterocycles. The summed E-state index contributed by atoms with van der Waals surface area (Å²) in [5.74, 6) is -0.00170. The molecule has 0 saturated carbocycles. The third-order valence-corrected chi connectivity index (χ3v) is 4.39. The Morgan fingerprint density at radius 3 is 2.36 bits per heavy atom. The van der Waals surface area contributed by atoms with Crippen molar-refractivity contribution in [3.05, 3.63) is 90.3 Å². The van der Waals surface area contributed by atoms with Gasteiger partial charge in [-0.05, 0) is 37.9 Å². The van der Waals surface area contributed by atoms with Crippen LogP contribution in [-0.2, 0) is 11.3 Å². The first kappa shape index (κ1) is 19.6. The molecule has 0 atom stereocenters. The summed E-state index contributed by atoms with van der Waals surface area (Å²) in [5, 5.41) is 4.37. The smallest absolute Gasteiger partial charge is 0.246 e. The Morgan fingerprint density at radius 1 is 1.00 bits per heavy atom. The van der Waals surface area contributed by atoms with Crippen molar-refractivity contribution in [2.24, 2.45) is 0 Å². The monoisotopic (exact) mass is 374 g/mol. The zero-order valence-electron chi connectivity index (χ0n) is 16.4. The molecule has 5 heteroatoms. The van der Waals surface area contributed by atoms with Gasteiger partial charge in [-0.25, -0.2) is 4.68 Å². The van der Waals surface area contributed by atoms with E-state index in [4.69, 9.17) is 0 Å². The van der Waals surface area contributed by atoms with Gasteiger partial charge in [0, 0.05) is 37.5 Å². The van der Waals surface area contributed by atoms with E-state index in [0.29, 0.717) is 13.1 Å². The number of likely N-dealkylation sites (N-methyl/N-ethyl adjacent to an activating group) is 1. The molecule has 0 spiro atoms. The minimum absolute atomic E-state index is 0.00170. The summed E-state index contributed by atoms with van der Waals surface area (Å²) in [5.41, 5.74) is 3.01. The lowest BCUT2D eigenvalue weighted by Crippen LogP contribution is -2.35. The van der Waals surface area contributed by atoms with Crippen LogP contribution < -0.4 is 0 Å². The number of benzene rings is 2. The van der Waals surface area contributed by atoms with Crippen LogP contribution in [0.1, 0.15) is 11.1 Å². The number of carbonyl (C=O) groups is 1. The van der Waals surface area contributed by atoms with Crippen molar-refractivity contribution >= 4 is 12.0 Å². The van der Waals surface area contributed by atoms with E-state index in [2.05, 4.69) is 10.00 Å². The maximum Gasteiger partial charge on any atom is 0.246 e. The van der Waals surface area contributed by atoms with Crippen molar-refractivity contribution < 1.29 is 4.79 Å². The number of carbonyl (C=O) groups excluding carboxylic acids is 1. The van der Waals surface area contributed by atoms with E-state index >= 15 is 0 Å². The fraction of sp³-hybridized carbons (Fsp3) is 0.217. The third kappa shape index (κ3) is 5.66. The molecule has 3 aromatic rings. The summed E-state index contributed by atoms with van der Waals surface area (Å²) in [6, 6.07) is 20.0. The van der Waals surface area contributed by atoms with Crippen molar-refractivity contribution in [2.75, 3.05) is 27.2 Å². The summed E-state index contributed by atoms with van der Waals surface area (Å²) < 4.78 is 1.80. The molecular weight excluding hydrogens is 348 g/mol. The zero-order valence-corrected chi connectivity index (χ0v) is 16.4. The highest BCUT2D eigenvalue weighted by Crippen LogP contribution is 2.10. The minimum Gasteiger partial charge on any atom is -0.334 e. The number of hydrogen-bond acceptors (Lipinski definition) is 3. The van der Waals surface area contributed by atoms with Crippen LogP contribution in [0.4, 0.5) is 0 Å². The highest BCUT2D eigenvalue weighted by molar-refractivity contribution is 5.91. The molecule has 0 fully saturated rings. The predicted molar refractivity (Wildman–Crippen MR) is 113 cm³/mol. The molecule has 0 unspecified atom stereocenters. The molecule has 5 nitrogen and oxygen atoms in total. The quantitative estimate of drug-likeness (QED) is 0.567. The van der Waals surface area contributed by atoms with Crippen LogP contribution in [0, 0.1) is 0 Å². The fourth-order valence-corrected chi connectivity index (χ4v) is 2.81. The highest BCUT2D eigenvalue weighted by atomic mass is 16.2. The van der Waals surface area contributed by atoms with Crippen molar-refractivity contribution in [1.82, 2.24) is 19.6 Å². The molecule has 1 amide bonds. The van der Waals surface area contributed by atoms with E-state index in [1.165, 1.54) is 0 Å². The average molecular weight is 374 g/mol. The first-order valence-electron chi connectivity index (χ1n) is 9.37. The van der Waals surface area contributed by atoms with E-state index in [9.17, 15) is 4.79 Å². The van der Waals surface area contributed by atoms with Gasteiger partial charge in [0.15, 0.2) is 0 Å². The average Bonchev–Trinajstić information content (AvgIpc) is 3.20. The van der Waals surface area contributed by atoms with E-state index < -0.39 is 0 Å². The molecule has 0 aliphatic carbocycles. The fourth-order valence-electron chi connectivity index (χ4n) is 2.81. The van der Waals surface area contributed by atoms with Gasteiger partial charge in [0.25, 0.3) is 0 Å². The maximum atomic E-state index is 12.8. The van der Waals surface area contributed by atoms with Crippen LogP contribution in [-0.4, -0.2) is 52.7 Å². The summed E-state index contributed by atoms with van der Waals surface area (Å²) in [6.45, 7) is 2.09. The second-order valence-corrected chi connectivity index (χ2v) is 6.94. The normalized spacial score (nSPS) is 11.2. The molecule has 0 aliphatic heterocycles. The lowest BCUT2D eigenvalue weighted by atomic mass is 10.2. The van der Waals surface area contributed by atoms with Gasteiger partial charge in [0.05, 0.1) is 11.9 Å². The molecule has 28 heavy (non-hydrogen) atoms. The van der Waals surface area contributed by atoms with Crippen LogP contribution in [0.2, 0.25) is 0 Å². The van der Waals surface area contributed by atoms with Gasteiger partial charge in [-0.2, -0.15) is 5.10 Å². The second kappa shape index (κ2) is 9.67. The van der Waals surface area contributed by atoms with Gasteiger partial charge in [-0.3, -0.25) is 4.79 Å². The van der Waals surface area contributed by atoms with Crippen molar-refractivity contribution in [3.63, 3.8) is 0 Å². The lowest BCUT2D eigenvalue weighted by molar-refractivity contribution is -0.126. The van der Waals surface area contributed by atoms with Crippen LogP contribution >= 0.6 is 0 Å². The maximum absolute atomic E-state index is 12.8. The molecule has 3 rings (SSSR count). The first-order chi connectivity index (χ1) is 13.6. The molecule has 0 N–H and O–H groups in total. The van der Waals surface area contributed by atoms with Crippen LogP contribution in [0.25, 0.3) is 11.8 Å². The van der Waals surface area contributed by atoms with E-state index in [-0.39, 0.29) is 5.91 Å². The first-order valence-corrected chi connectivity index (χ1v) is 9.37. The van der Waals surface area contributed by atoms with Gasteiger partial charge in [-0.15, -0.1) is 0 Å². The predicted octanol–water partition coefficient (Wildman–Crippen LogP) is 3.48. The molecule has 1 heterocycles. The zero-order chi connectivity index (χ0) is 19.8. The molecule has 0 saturated heterocycles. The van der Waals surface area contributed by atoms with Crippen LogP contribution in [0.15, 0.2) is 79.1 Å². The Balaban J connectivity index is 1.69. The number of rotatable bonds is 8. The minimum atomic E-state index is -0.00170. The topological polar surface area (TPSA) is 41.4 Å². The SMILES string of the molecule is CN(C)CCN(Cc1ccccc1)C(=O)/C=C/c1cnn(-c2ccccc2)c1. The molecule has 0 radical (unpaired) electrons. The lowest BCUT2D eigenvalue weighted by Gasteiger charge is -2.23. The Labute approximate surface area is 166 Å². The Hall–Kier alpha value is -3.18. The molecular formula is C23H26N4O. The van der Waals surface area contributed by atoms with Crippen molar-refractivity contribution in [3.8, 4) is 5.69 Å². The Bertz CT molecular complexity index is 901. The van der Waals surface area contributed by atoms with Gasteiger partial charge in [0.2, 0.25) is 5.91 Å². The summed E-state index contributed by atoms with van der Waals surface area (Å²) in [4.78, 5) is 16.8. The van der Waals surface area contributed by atoms with Crippen molar-refractivity contribution in [1.29, 1.82) is 0 Å². The molecule has 0 bridgehead atoms. The number of amides is 1. The van der Waals surface area contributed by atoms with Gasteiger partial charge in [-0.1, -0.05) is 48.5 Å². The third-order valence-electron chi connectivity index (χ3n) is 4.39. The summed E-state index contributed by atoms with van der Waals surface area (Å²) in [6.07, 6.45) is 7.13. The number of para-hydroxylation sites is 1. The van der Waals surface area contributed by atoms with Gasteiger partial charge in [0.1, 0.15) is 0 Å². The van der Waals surface area contributed by atoms with Crippen molar-refractivity contribution in [2.45, 2.75) is 6.54 Å².